The molecule has 1 unspecified atom stereocenters. The second-order valence-electron chi connectivity index (χ2n) is 5.78. The number of aryl methyl sites for hydroxylation is 1. The molecule has 0 nitrogen and oxygen atoms in total. The molecule has 0 fully saturated rings. The van der Waals surface area contributed by atoms with Crippen LogP contribution < -0.4 is 0 Å². The van der Waals surface area contributed by atoms with E-state index < -0.39 is 0 Å². The van der Waals surface area contributed by atoms with Crippen molar-refractivity contribution in [3.63, 3.8) is 0 Å². The van der Waals surface area contributed by atoms with Gasteiger partial charge in [0.25, 0.3) is 0 Å². The van der Waals surface area contributed by atoms with Crippen LogP contribution in [0.4, 0.5) is 0 Å². The molecule has 1 aromatic carbocycles. The summed E-state index contributed by atoms with van der Waals surface area (Å²) in [6.45, 7) is 4.78. The van der Waals surface area contributed by atoms with E-state index in [9.17, 15) is 0 Å². The summed E-state index contributed by atoms with van der Waals surface area (Å²) in [6, 6.07) is 8.84. The summed E-state index contributed by atoms with van der Waals surface area (Å²) in [5.41, 5.74) is 2.05. The fourth-order valence-corrected chi connectivity index (χ4v) is 5.44. The molecule has 1 atom stereocenters. The Balaban J connectivity index is 2.16. The molecule has 0 aliphatic heterocycles. The van der Waals surface area contributed by atoms with Crippen LogP contribution in [0.1, 0.15) is 42.0 Å². The SMILES string of the molecule is CC1(C)CCc2c(sc3ccccc23)C(Br)C1. The van der Waals surface area contributed by atoms with E-state index in [1.54, 1.807) is 10.4 Å². The van der Waals surface area contributed by atoms with Gasteiger partial charge in [0.05, 0.1) is 0 Å². The lowest BCUT2D eigenvalue weighted by atomic mass is 9.84. The quantitative estimate of drug-likeness (QED) is 0.432. The maximum atomic E-state index is 3.90. The Morgan fingerprint density at radius 2 is 2.06 bits per heavy atom. The van der Waals surface area contributed by atoms with Crippen molar-refractivity contribution in [1.82, 2.24) is 0 Å². The zero-order chi connectivity index (χ0) is 12.0. The molecule has 0 radical (unpaired) electrons. The first-order chi connectivity index (χ1) is 8.07. The number of thiophene rings is 1. The maximum Gasteiger partial charge on any atom is 0.0497 e. The first-order valence-corrected chi connectivity index (χ1v) is 7.94. The molecular weight excluding hydrogens is 292 g/mol. The summed E-state index contributed by atoms with van der Waals surface area (Å²) in [6.07, 6.45) is 3.77. The van der Waals surface area contributed by atoms with Crippen LogP contribution in [0, 0.1) is 5.41 Å². The van der Waals surface area contributed by atoms with E-state index in [1.807, 2.05) is 11.3 Å². The predicted octanol–water partition coefficient (Wildman–Crippen LogP) is 5.70. The first kappa shape index (κ1) is 11.7. The Morgan fingerprint density at radius 1 is 1.29 bits per heavy atom. The third-order valence-electron chi connectivity index (χ3n) is 3.80. The van der Waals surface area contributed by atoms with Crippen LogP contribution in [-0.2, 0) is 6.42 Å². The van der Waals surface area contributed by atoms with Gasteiger partial charge in [-0.3, -0.25) is 0 Å². The van der Waals surface area contributed by atoms with Gasteiger partial charge in [0, 0.05) is 14.4 Å². The Morgan fingerprint density at radius 3 is 2.88 bits per heavy atom. The minimum Gasteiger partial charge on any atom is -0.139 e. The van der Waals surface area contributed by atoms with E-state index in [4.69, 9.17) is 0 Å². The Bertz CT molecular complexity index is 553. The average molecular weight is 309 g/mol. The lowest BCUT2D eigenvalue weighted by Crippen LogP contribution is -2.11. The van der Waals surface area contributed by atoms with Crippen molar-refractivity contribution in [2.24, 2.45) is 5.41 Å². The molecule has 0 saturated heterocycles. The molecule has 0 amide bonds. The third-order valence-corrected chi connectivity index (χ3v) is 6.21. The van der Waals surface area contributed by atoms with Crippen LogP contribution >= 0.6 is 27.3 Å². The van der Waals surface area contributed by atoms with Gasteiger partial charge in [-0.1, -0.05) is 48.0 Å². The molecule has 2 heteroatoms. The first-order valence-electron chi connectivity index (χ1n) is 6.21. The van der Waals surface area contributed by atoms with Crippen molar-refractivity contribution in [3.05, 3.63) is 34.7 Å². The summed E-state index contributed by atoms with van der Waals surface area (Å²) >= 11 is 5.88. The highest BCUT2D eigenvalue weighted by molar-refractivity contribution is 9.09. The molecule has 2 aromatic rings. The molecule has 1 aliphatic rings. The summed E-state index contributed by atoms with van der Waals surface area (Å²) in [5.74, 6) is 0. The van der Waals surface area contributed by atoms with E-state index in [0.29, 0.717) is 10.2 Å². The largest absolute Gasteiger partial charge is 0.139 e. The van der Waals surface area contributed by atoms with Crippen molar-refractivity contribution in [2.45, 2.75) is 37.9 Å². The summed E-state index contributed by atoms with van der Waals surface area (Å²) in [5, 5.41) is 1.48. The molecule has 0 saturated carbocycles. The maximum absolute atomic E-state index is 3.90. The van der Waals surface area contributed by atoms with Crippen molar-refractivity contribution in [1.29, 1.82) is 0 Å². The number of benzene rings is 1. The summed E-state index contributed by atoms with van der Waals surface area (Å²) < 4.78 is 1.45. The smallest absolute Gasteiger partial charge is 0.0497 e. The zero-order valence-electron chi connectivity index (χ0n) is 10.3. The average Bonchev–Trinajstić information content (AvgIpc) is 2.59. The molecule has 0 bridgehead atoms. The second-order valence-corrected chi connectivity index (χ2v) is 7.97. The van der Waals surface area contributed by atoms with Crippen LogP contribution in [0.25, 0.3) is 10.1 Å². The van der Waals surface area contributed by atoms with E-state index >= 15 is 0 Å². The summed E-state index contributed by atoms with van der Waals surface area (Å²) in [4.78, 5) is 2.10. The van der Waals surface area contributed by atoms with Gasteiger partial charge in [0.1, 0.15) is 0 Å². The number of alkyl halides is 1. The van der Waals surface area contributed by atoms with E-state index in [0.717, 1.165) is 0 Å². The van der Waals surface area contributed by atoms with E-state index in [-0.39, 0.29) is 0 Å². The molecule has 1 aromatic heterocycles. The van der Waals surface area contributed by atoms with Gasteiger partial charge < -0.3 is 0 Å². The fourth-order valence-electron chi connectivity index (χ4n) is 2.77. The Kier molecular flexibility index (Phi) is 2.83. The number of hydrogen-bond acceptors (Lipinski definition) is 1. The van der Waals surface area contributed by atoms with Gasteiger partial charge in [-0.2, -0.15) is 0 Å². The van der Waals surface area contributed by atoms with E-state index in [1.165, 1.54) is 29.3 Å². The third kappa shape index (κ3) is 2.06. The van der Waals surface area contributed by atoms with Crippen molar-refractivity contribution < 1.29 is 0 Å². The van der Waals surface area contributed by atoms with Crippen LogP contribution in [0.2, 0.25) is 0 Å². The molecule has 90 valence electrons. The van der Waals surface area contributed by atoms with Crippen molar-refractivity contribution >= 4 is 37.4 Å². The minimum atomic E-state index is 0.452. The fraction of sp³-hybridized carbons (Fsp3) is 0.467. The molecule has 0 N–H and O–H groups in total. The number of hydrogen-bond donors (Lipinski definition) is 0. The lowest BCUT2D eigenvalue weighted by Gasteiger charge is -2.23. The van der Waals surface area contributed by atoms with Gasteiger partial charge in [-0.05, 0) is 41.7 Å². The van der Waals surface area contributed by atoms with E-state index in [2.05, 4.69) is 54.0 Å². The highest BCUT2D eigenvalue weighted by atomic mass is 79.9. The minimum absolute atomic E-state index is 0.452. The van der Waals surface area contributed by atoms with Crippen LogP contribution in [0.3, 0.4) is 0 Å². The molecule has 3 rings (SSSR count). The van der Waals surface area contributed by atoms with Gasteiger partial charge in [0.15, 0.2) is 0 Å². The molecule has 1 aliphatic carbocycles. The molecule has 17 heavy (non-hydrogen) atoms. The highest BCUT2D eigenvalue weighted by Gasteiger charge is 2.30. The predicted molar refractivity (Wildman–Crippen MR) is 80.2 cm³/mol. The normalized spacial score (nSPS) is 23.4. The van der Waals surface area contributed by atoms with Crippen LogP contribution in [-0.4, -0.2) is 0 Å². The number of rotatable bonds is 0. The topological polar surface area (TPSA) is 0 Å². The van der Waals surface area contributed by atoms with Crippen molar-refractivity contribution in [2.75, 3.05) is 0 Å². The number of fused-ring (bicyclic) bond motifs is 3. The Hall–Kier alpha value is -0.340. The molecule has 0 spiro atoms. The van der Waals surface area contributed by atoms with Crippen LogP contribution in [0.5, 0.6) is 0 Å². The Labute approximate surface area is 115 Å². The standard InChI is InChI=1S/C15H17BrS/c1-15(2)8-7-11-10-5-3-4-6-13(10)17-14(11)12(16)9-15/h3-6,12H,7-9H2,1-2H3. The summed E-state index contributed by atoms with van der Waals surface area (Å²) in [7, 11) is 0. The van der Waals surface area contributed by atoms with Crippen molar-refractivity contribution in [3.8, 4) is 0 Å². The van der Waals surface area contributed by atoms with Gasteiger partial charge in [-0.15, -0.1) is 11.3 Å². The zero-order valence-corrected chi connectivity index (χ0v) is 12.7. The molecule has 1 heterocycles. The molecular formula is C15H17BrS. The van der Waals surface area contributed by atoms with Crippen LogP contribution in [0.15, 0.2) is 24.3 Å². The number of halogens is 1. The second kappa shape index (κ2) is 4.10. The van der Waals surface area contributed by atoms with Gasteiger partial charge in [-0.25, -0.2) is 0 Å². The van der Waals surface area contributed by atoms with Gasteiger partial charge >= 0.3 is 0 Å². The lowest BCUT2D eigenvalue weighted by molar-refractivity contribution is 0.317. The monoisotopic (exact) mass is 308 g/mol. The highest BCUT2D eigenvalue weighted by Crippen LogP contribution is 2.48. The van der Waals surface area contributed by atoms with Gasteiger partial charge in [0.2, 0.25) is 0 Å².